The van der Waals surface area contributed by atoms with Crippen LogP contribution in [0.15, 0.2) is 30.3 Å². The number of amides is 1. The van der Waals surface area contributed by atoms with Crippen LogP contribution in [0.3, 0.4) is 0 Å². The van der Waals surface area contributed by atoms with Crippen molar-refractivity contribution >= 4 is 5.91 Å². The van der Waals surface area contributed by atoms with Gasteiger partial charge in [0.15, 0.2) is 0 Å². The summed E-state index contributed by atoms with van der Waals surface area (Å²) in [4.78, 5) is 16.7. The van der Waals surface area contributed by atoms with Gasteiger partial charge in [-0.25, -0.2) is 0 Å². The summed E-state index contributed by atoms with van der Waals surface area (Å²) in [7, 11) is 0. The molecule has 0 spiro atoms. The maximum atomic E-state index is 12.5. The number of piperidine rings is 1. The van der Waals surface area contributed by atoms with Crippen molar-refractivity contribution in [3.05, 3.63) is 30.3 Å². The second-order valence-corrected chi connectivity index (χ2v) is 7.40. The number of aliphatic hydroxyl groups is 1. The highest BCUT2D eigenvalue weighted by molar-refractivity contribution is 5.78. The van der Waals surface area contributed by atoms with Gasteiger partial charge in [0.2, 0.25) is 5.91 Å². The van der Waals surface area contributed by atoms with Gasteiger partial charge in [0.05, 0.1) is 6.54 Å². The SMILES string of the molecule is O=C(CN1CCC(O)(COc2ccccc2)CC1)N1CCCCCC1. The highest BCUT2D eigenvalue weighted by atomic mass is 16.5. The van der Waals surface area contributed by atoms with E-state index in [1.54, 1.807) is 0 Å². The number of carbonyl (C=O) groups is 1. The molecule has 25 heavy (non-hydrogen) atoms. The Morgan fingerprint density at radius 1 is 1.00 bits per heavy atom. The number of carbonyl (C=O) groups excluding carboxylic acids is 1. The van der Waals surface area contributed by atoms with E-state index in [0.717, 1.165) is 44.8 Å². The first-order valence-electron chi connectivity index (χ1n) is 9.55. The number of nitrogens with zero attached hydrogens (tertiary/aromatic N) is 2. The third-order valence-corrected chi connectivity index (χ3v) is 5.36. The van der Waals surface area contributed by atoms with Crippen molar-refractivity contribution in [2.24, 2.45) is 0 Å². The Hall–Kier alpha value is -1.59. The van der Waals surface area contributed by atoms with E-state index < -0.39 is 5.60 Å². The lowest BCUT2D eigenvalue weighted by Gasteiger charge is -2.38. The Kier molecular flexibility index (Phi) is 6.32. The van der Waals surface area contributed by atoms with Gasteiger partial charge in [0, 0.05) is 26.2 Å². The highest BCUT2D eigenvalue weighted by Gasteiger charge is 2.34. The minimum absolute atomic E-state index is 0.243. The molecule has 3 rings (SSSR count). The Morgan fingerprint density at radius 2 is 1.64 bits per heavy atom. The van der Waals surface area contributed by atoms with Crippen LogP contribution in [0.5, 0.6) is 5.75 Å². The van der Waals surface area contributed by atoms with Gasteiger partial charge in [0.25, 0.3) is 0 Å². The van der Waals surface area contributed by atoms with E-state index in [2.05, 4.69) is 4.90 Å². The van der Waals surface area contributed by atoms with Crippen LogP contribution < -0.4 is 4.74 Å². The molecule has 1 aromatic carbocycles. The summed E-state index contributed by atoms with van der Waals surface area (Å²) in [6.45, 7) is 4.09. The van der Waals surface area contributed by atoms with Crippen molar-refractivity contribution in [2.45, 2.75) is 44.1 Å². The van der Waals surface area contributed by atoms with Crippen molar-refractivity contribution in [3.63, 3.8) is 0 Å². The zero-order valence-electron chi connectivity index (χ0n) is 15.0. The number of ether oxygens (including phenoxy) is 1. The predicted octanol–water partition coefficient (Wildman–Crippen LogP) is 2.29. The van der Waals surface area contributed by atoms with Gasteiger partial charge in [-0.3, -0.25) is 9.69 Å². The van der Waals surface area contributed by atoms with E-state index in [9.17, 15) is 9.90 Å². The largest absolute Gasteiger partial charge is 0.491 e. The summed E-state index contributed by atoms with van der Waals surface area (Å²) in [5.41, 5.74) is -0.794. The Morgan fingerprint density at radius 3 is 2.28 bits per heavy atom. The maximum Gasteiger partial charge on any atom is 0.236 e. The summed E-state index contributed by atoms with van der Waals surface area (Å²) in [6.07, 6.45) is 6.02. The first-order valence-corrected chi connectivity index (χ1v) is 9.55. The zero-order valence-corrected chi connectivity index (χ0v) is 15.0. The molecule has 0 unspecified atom stereocenters. The van der Waals surface area contributed by atoms with Crippen LogP contribution >= 0.6 is 0 Å². The van der Waals surface area contributed by atoms with Crippen molar-refractivity contribution in [2.75, 3.05) is 39.3 Å². The van der Waals surface area contributed by atoms with Crippen LogP contribution in [0.1, 0.15) is 38.5 Å². The molecule has 0 bridgehead atoms. The summed E-state index contributed by atoms with van der Waals surface area (Å²) in [5.74, 6) is 1.03. The number of hydrogen-bond donors (Lipinski definition) is 1. The second kappa shape index (κ2) is 8.68. The molecule has 2 heterocycles. The monoisotopic (exact) mass is 346 g/mol. The zero-order chi connectivity index (χ0) is 17.5. The lowest BCUT2D eigenvalue weighted by molar-refractivity contribution is -0.134. The Bertz CT molecular complexity index is 533. The molecule has 0 aromatic heterocycles. The molecule has 1 N–H and O–H groups in total. The first kappa shape index (κ1) is 18.2. The molecule has 0 radical (unpaired) electrons. The molecule has 0 atom stereocenters. The second-order valence-electron chi connectivity index (χ2n) is 7.40. The molecule has 2 aliphatic heterocycles. The topological polar surface area (TPSA) is 53.0 Å². The van der Waals surface area contributed by atoms with E-state index in [1.165, 1.54) is 12.8 Å². The number of hydrogen-bond acceptors (Lipinski definition) is 4. The number of para-hydroxylation sites is 1. The van der Waals surface area contributed by atoms with Crippen molar-refractivity contribution in [3.8, 4) is 5.75 Å². The minimum Gasteiger partial charge on any atom is -0.491 e. The van der Waals surface area contributed by atoms with Gasteiger partial charge in [-0.2, -0.15) is 0 Å². The summed E-state index contributed by atoms with van der Waals surface area (Å²) < 4.78 is 5.73. The van der Waals surface area contributed by atoms with E-state index in [0.29, 0.717) is 26.0 Å². The van der Waals surface area contributed by atoms with Gasteiger partial charge in [0.1, 0.15) is 18.0 Å². The van der Waals surface area contributed by atoms with E-state index in [4.69, 9.17) is 4.74 Å². The van der Waals surface area contributed by atoms with Crippen LogP contribution in [0, 0.1) is 0 Å². The molecule has 0 saturated carbocycles. The fraction of sp³-hybridized carbons (Fsp3) is 0.650. The van der Waals surface area contributed by atoms with Gasteiger partial charge in [-0.1, -0.05) is 31.0 Å². The van der Waals surface area contributed by atoms with Crippen molar-refractivity contribution in [1.82, 2.24) is 9.80 Å². The number of benzene rings is 1. The standard InChI is InChI=1S/C20H30N2O3/c23-19(22-12-6-1-2-7-13-22)16-21-14-10-20(24,11-15-21)17-25-18-8-4-3-5-9-18/h3-5,8-9,24H,1-2,6-7,10-17H2. The van der Waals surface area contributed by atoms with Gasteiger partial charge in [-0.15, -0.1) is 0 Å². The van der Waals surface area contributed by atoms with Crippen LogP contribution in [0.2, 0.25) is 0 Å². The van der Waals surface area contributed by atoms with E-state index in [-0.39, 0.29) is 5.91 Å². The van der Waals surface area contributed by atoms with Crippen LogP contribution in [0.4, 0.5) is 0 Å². The molecule has 5 nitrogen and oxygen atoms in total. The fourth-order valence-electron chi connectivity index (χ4n) is 3.62. The van der Waals surface area contributed by atoms with Crippen LogP contribution in [-0.2, 0) is 4.79 Å². The molecule has 138 valence electrons. The highest BCUT2D eigenvalue weighted by Crippen LogP contribution is 2.24. The quantitative estimate of drug-likeness (QED) is 0.889. The average Bonchev–Trinajstić information content (AvgIpc) is 2.93. The molecule has 0 aliphatic carbocycles. The average molecular weight is 346 g/mol. The Balaban J connectivity index is 1.42. The fourth-order valence-corrected chi connectivity index (χ4v) is 3.62. The molecule has 2 aliphatic rings. The van der Waals surface area contributed by atoms with Crippen molar-refractivity contribution in [1.29, 1.82) is 0 Å². The number of likely N-dealkylation sites (tertiary alicyclic amines) is 2. The molecule has 5 heteroatoms. The van der Waals surface area contributed by atoms with Gasteiger partial charge in [-0.05, 0) is 37.8 Å². The maximum absolute atomic E-state index is 12.5. The molecule has 1 aromatic rings. The van der Waals surface area contributed by atoms with Gasteiger partial charge >= 0.3 is 0 Å². The molecule has 2 fully saturated rings. The molecular formula is C20H30N2O3. The normalized spacial score (nSPS) is 21.6. The predicted molar refractivity (Wildman–Crippen MR) is 97.6 cm³/mol. The molecular weight excluding hydrogens is 316 g/mol. The summed E-state index contributed by atoms with van der Waals surface area (Å²) in [6, 6.07) is 9.60. The van der Waals surface area contributed by atoms with E-state index >= 15 is 0 Å². The third-order valence-electron chi connectivity index (χ3n) is 5.36. The first-order chi connectivity index (χ1) is 12.1. The summed E-state index contributed by atoms with van der Waals surface area (Å²) >= 11 is 0. The Labute approximate surface area is 150 Å². The molecule has 1 amide bonds. The third kappa shape index (κ3) is 5.44. The molecule has 2 saturated heterocycles. The van der Waals surface area contributed by atoms with Crippen LogP contribution in [0.25, 0.3) is 0 Å². The van der Waals surface area contributed by atoms with E-state index in [1.807, 2.05) is 35.2 Å². The summed E-state index contributed by atoms with van der Waals surface area (Å²) in [5, 5.41) is 10.7. The number of rotatable bonds is 5. The minimum atomic E-state index is -0.794. The lowest BCUT2D eigenvalue weighted by Crippen LogP contribution is -2.50. The van der Waals surface area contributed by atoms with Crippen LogP contribution in [-0.4, -0.2) is 65.7 Å². The van der Waals surface area contributed by atoms with Crippen molar-refractivity contribution < 1.29 is 14.6 Å². The van der Waals surface area contributed by atoms with Gasteiger partial charge < -0.3 is 14.7 Å². The lowest BCUT2D eigenvalue weighted by atomic mass is 9.92. The smallest absolute Gasteiger partial charge is 0.236 e.